The molecule has 8 heteroatoms. The molecule has 3 amide bonds. The zero-order valence-corrected chi connectivity index (χ0v) is 18.1. The van der Waals surface area contributed by atoms with Gasteiger partial charge in [0, 0.05) is 52.0 Å². The van der Waals surface area contributed by atoms with Crippen LogP contribution >= 0.6 is 0 Å². The normalized spacial score (nSPS) is 25.3. The van der Waals surface area contributed by atoms with Crippen molar-refractivity contribution in [1.29, 1.82) is 0 Å². The zero-order chi connectivity index (χ0) is 20.7. The van der Waals surface area contributed by atoms with Gasteiger partial charge in [-0.05, 0) is 44.4 Å². The van der Waals surface area contributed by atoms with Gasteiger partial charge in [-0.3, -0.25) is 14.4 Å². The van der Waals surface area contributed by atoms with E-state index >= 15 is 0 Å². The van der Waals surface area contributed by atoms with E-state index in [1.54, 1.807) is 10.9 Å². The van der Waals surface area contributed by atoms with Crippen molar-refractivity contribution in [3.8, 4) is 0 Å². The Kier molecular flexibility index (Phi) is 5.21. The standard InChI is InChI=1S/C22H34N6O2/c1-25-16-19(14-23-25)28-13-12-27(15-17-6-7-17)22(20(28)29)8-10-26(11-9-22)21(30)24-18-4-2-3-5-18/h14,16-18H,2-13,15H2,1H3,(H,24,30). The highest BCUT2D eigenvalue weighted by atomic mass is 16.2. The molecule has 0 bridgehead atoms. The number of hydrogen-bond acceptors (Lipinski definition) is 4. The van der Waals surface area contributed by atoms with Gasteiger partial charge in [-0.25, -0.2) is 4.79 Å². The molecule has 0 unspecified atom stereocenters. The second kappa shape index (κ2) is 7.87. The summed E-state index contributed by atoms with van der Waals surface area (Å²) in [5.41, 5.74) is 0.398. The molecule has 4 fully saturated rings. The lowest BCUT2D eigenvalue weighted by Crippen LogP contribution is -2.69. The molecule has 1 N–H and O–H groups in total. The lowest BCUT2D eigenvalue weighted by molar-refractivity contribution is -0.137. The number of anilines is 1. The Morgan fingerprint density at radius 3 is 2.50 bits per heavy atom. The van der Waals surface area contributed by atoms with Gasteiger partial charge in [0.05, 0.1) is 11.9 Å². The summed E-state index contributed by atoms with van der Waals surface area (Å²) in [5.74, 6) is 0.932. The second-order valence-electron chi connectivity index (χ2n) is 9.67. The lowest BCUT2D eigenvalue weighted by atomic mass is 9.82. The predicted octanol–water partition coefficient (Wildman–Crippen LogP) is 1.97. The summed E-state index contributed by atoms with van der Waals surface area (Å²) < 4.78 is 1.75. The lowest BCUT2D eigenvalue weighted by Gasteiger charge is -2.52. The van der Waals surface area contributed by atoms with Crippen LogP contribution in [0.2, 0.25) is 0 Å². The first-order valence-corrected chi connectivity index (χ1v) is 11.7. The van der Waals surface area contributed by atoms with Crippen LogP contribution in [0.4, 0.5) is 10.5 Å². The highest BCUT2D eigenvalue weighted by Gasteiger charge is 2.52. The van der Waals surface area contributed by atoms with Crippen molar-refractivity contribution in [2.24, 2.45) is 13.0 Å². The number of piperidine rings is 1. The molecule has 0 aromatic carbocycles. The van der Waals surface area contributed by atoms with Crippen LogP contribution in [-0.4, -0.2) is 75.8 Å². The maximum Gasteiger partial charge on any atom is 0.317 e. The molecule has 8 nitrogen and oxygen atoms in total. The van der Waals surface area contributed by atoms with Crippen LogP contribution in [0, 0.1) is 5.92 Å². The number of likely N-dealkylation sites (tertiary alicyclic amines) is 1. The Morgan fingerprint density at radius 1 is 1.13 bits per heavy atom. The molecule has 2 saturated carbocycles. The number of carbonyl (C=O) groups is 2. The molecule has 5 rings (SSSR count). The minimum atomic E-state index is -0.485. The fourth-order valence-electron chi connectivity index (χ4n) is 5.54. The number of nitrogens with one attached hydrogen (secondary N) is 1. The summed E-state index contributed by atoms with van der Waals surface area (Å²) in [6.45, 7) is 3.91. The number of urea groups is 1. The predicted molar refractivity (Wildman–Crippen MR) is 114 cm³/mol. The first kappa shape index (κ1) is 19.8. The molecule has 2 aliphatic carbocycles. The third kappa shape index (κ3) is 3.70. The van der Waals surface area contributed by atoms with Crippen molar-refractivity contribution in [3.05, 3.63) is 12.4 Å². The summed E-state index contributed by atoms with van der Waals surface area (Å²) in [4.78, 5) is 32.9. The Hall–Kier alpha value is -2.09. The molecular weight excluding hydrogens is 380 g/mol. The summed E-state index contributed by atoms with van der Waals surface area (Å²) in [6, 6.07) is 0.384. The van der Waals surface area contributed by atoms with Gasteiger partial charge in [0.15, 0.2) is 0 Å². The van der Waals surface area contributed by atoms with E-state index in [4.69, 9.17) is 0 Å². The van der Waals surface area contributed by atoms with Crippen LogP contribution in [0.5, 0.6) is 0 Å². The van der Waals surface area contributed by atoms with E-state index in [9.17, 15) is 9.59 Å². The Balaban J connectivity index is 1.31. The largest absolute Gasteiger partial charge is 0.335 e. The maximum atomic E-state index is 13.8. The van der Waals surface area contributed by atoms with Crippen LogP contribution in [0.25, 0.3) is 0 Å². The quantitative estimate of drug-likeness (QED) is 0.818. The first-order valence-electron chi connectivity index (χ1n) is 11.7. The van der Waals surface area contributed by atoms with Gasteiger partial charge in [-0.2, -0.15) is 5.10 Å². The van der Waals surface area contributed by atoms with Gasteiger partial charge in [0.1, 0.15) is 5.54 Å². The summed E-state index contributed by atoms with van der Waals surface area (Å²) in [6.07, 6.45) is 12.3. The smallest absolute Gasteiger partial charge is 0.317 e. The van der Waals surface area contributed by atoms with E-state index in [2.05, 4.69) is 15.3 Å². The molecule has 2 aliphatic heterocycles. The van der Waals surface area contributed by atoms with Crippen molar-refractivity contribution in [2.75, 3.05) is 37.6 Å². The van der Waals surface area contributed by atoms with Crippen molar-refractivity contribution in [2.45, 2.75) is 62.9 Å². The van der Waals surface area contributed by atoms with Gasteiger partial charge in [0.25, 0.3) is 0 Å². The van der Waals surface area contributed by atoms with E-state index < -0.39 is 5.54 Å². The summed E-state index contributed by atoms with van der Waals surface area (Å²) in [5, 5.41) is 7.48. The van der Waals surface area contributed by atoms with Crippen molar-refractivity contribution in [1.82, 2.24) is 24.9 Å². The molecular formula is C22H34N6O2. The summed E-state index contributed by atoms with van der Waals surface area (Å²) >= 11 is 0. The van der Waals surface area contributed by atoms with Gasteiger partial charge in [0.2, 0.25) is 5.91 Å². The molecule has 30 heavy (non-hydrogen) atoms. The molecule has 164 valence electrons. The van der Waals surface area contributed by atoms with Crippen molar-refractivity contribution < 1.29 is 9.59 Å². The average Bonchev–Trinajstić information content (AvgIpc) is 3.21. The van der Waals surface area contributed by atoms with Crippen LogP contribution < -0.4 is 10.2 Å². The third-order valence-corrected chi connectivity index (χ3v) is 7.58. The minimum absolute atomic E-state index is 0.0536. The monoisotopic (exact) mass is 414 g/mol. The number of nitrogens with zero attached hydrogens (tertiary/aromatic N) is 5. The van der Waals surface area contributed by atoms with Crippen LogP contribution in [0.1, 0.15) is 51.4 Å². The van der Waals surface area contributed by atoms with E-state index in [0.29, 0.717) is 38.5 Å². The number of amides is 3. The average molecular weight is 415 g/mol. The Bertz CT molecular complexity index is 789. The molecule has 4 aliphatic rings. The van der Waals surface area contributed by atoms with Gasteiger partial charge < -0.3 is 15.1 Å². The number of aromatic nitrogens is 2. The van der Waals surface area contributed by atoms with E-state index in [1.807, 2.05) is 23.0 Å². The topological polar surface area (TPSA) is 73.7 Å². The second-order valence-corrected chi connectivity index (χ2v) is 9.67. The van der Waals surface area contributed by atoms with Gasteiger partial charge in [-0.1, -0.05) is 12.8 Å². The molecule has 0 radical (unpaired) electrons. The molecule has 3 heterocycles. The molecule has 1 aromatic heterocycles. The number of carbonyl (C=O) groups excluding carboxylic acids is 2. The van der Waals surface area contributed by atoms with Gasteiger partial charge in [-0.15, -0.1) is 0 Å². The number of hydrogen-bond donors (Lipinski definition) is 1. The van der Waals surface area contributed by atoms with E-state index in [1.165, 1.54) is 25.7 Å². The van der Waals surface area contributed by atoms with Crippen LogP contribution in [-0.2, 0) is 11.8 Å². The number of aryl methyl sites for hydroxylation is 1. The van der Waals surface area contributed by atoms with Crippen LogP contribution in [0.15, 0.2) is 12.4 Å². The SMILES string of the molecule is Cn1cc(N2CCN(CC3CC3)C3(CCN(C(=O)NC4CCCC4)CC3)C2=O)cn1. The maximum absolute atomic E-state index is 13.8. The Morgan fingerprint density at radius 2 is 1.87 bits per heavy atom. The fraction of sp³-hybridized carbons (Fsp3) is 0.773. The van der Waals surface area contributed by atoms with Crippen molar-refractivity contribution in [3.63, 3.8) is 0 Å². The molecule has 0 atom stereocenters. The highest BCUT2D eigenvalue weighted by molar-refractivity contribution is 6.01. The highest BCUT2D eigenvalue weighted by Crippen LogP contribution is 2.39. The van der Waals surface area contributed by atoms with E-state index in [-0.39, 0.29) is 11.9 Å². The summed E-state index contributed by atoms with van der Waals surface area (Å²) in [7, 11) is 1.88. The first-order chi connectivity index (χ1) is 14.5. The van der Waals surface area contributed by atoms with Crippen molar-refractivity contribution >= 4 is 17.6 Å². The Labute approximate surface area is 178 Å². The zero-order valence-electron chi connectivity index (χ0n) is 18.1. The molecule has 1 spiro atoms. The number of rotatable bonds is 4. The minimum Gasteiger partial charge on any atom is -0.335 e. The van der Waals surface area contributed by atoms with Crippen LogP contribution in [0.3, 0.4) is 0 Å². The molecule has 1 aromatic rings. The third-order valence-electron chi connectivity index (χ3n) is 7.58. The van der Waals surface area contributed by atoms with Gasteiger partial charge >= 0.3 is 6.03 Å². The molecule has 2 saturated heterocycles. The fourth-order valence-corrected chi connectivity index (χ4v) is 5.54. The number of piperazine rings is 1. The van der Waals surface area contributed by atoms with E-state index in [0.717, 1.165) is 37.5 Å².